The Bertz CT molecular complexity index is 151. The summed E-state index contributed by atoms with van der Waals surface area (Å²) in [5.41, 5.74) is 0. The molecular formula is C9H20N2O2. The van der Waals surface area contributed by atoms with Crippen LogP contribution in [0.25, 0.3) is 0 Å². The van der Waals surface area contributed by atoms with Crippen LogP contribution >= 0.6 is 0 Å². The highest BCUT2D eigenvalue weighted by molar-refractivity contribution is 5.80. The Kier molecular flexibility index (Phi) is 6.54. The van der Waals surface area contributed by atoms with Gasteiger partial charge in [0.25, 0.3) is 0 Å². The van der Waals surface area contributed by atoms with Gasteiger partial charge in [-0.25, -0.2) is 0 Å². The van der Waals surface area contributed by atoms with E-state index in [-0.39, 0.29) is 18.0 Å². The van der Waals surface area contributed by atoms with Crippen LogP contribution in [-0.2, 0) is 9.53 Å². The summed E-state index contributed by atoms with van der Waals surface area (Å²) in [4.78, 5) is 11.1. The number of carbonyl (C=O) groups excluding carboxylic acids is 1. The third-order valence-electron chi connectivity index (χ3n) is 1.75. The molecule has 0 aromatic carbocycles. The fraction of sp³-hybridized carbons (Fsp3) is 0.889. The van der Waals surface area contributed by atoms with Crippen LogP contribution in [0.1, 0.15) is 20.8 Å². The molecule has 4 heteroatoms. The van der Waals surface area contributed by atoms with Gasteiger partial charge in [-0.05, 0) is 20.8 Å². The van der Waals surface area contributed by atoms with E-state index in [1.165, 1.54) is 0 Å². The molecule has 0 radical (unpaired) electrons. The summed E-state index contributed by atoms with van der Waals surface area (Å²) in [6.07, 6.45) is 0. The van der Waals surface area contributed by atoms with E-state index in [0.717, 1.165) is 0 Å². The molecule has 0 spiro atoms. The zero-order chi connectivity index (χ0) is 10.3. The number of ether oxygens (including phenoxy) is 1. The van der Waals surface area contributed by atoms with Crippen molar-refractivity contribution in [2.45, 2.75) is 32.9 Å². The first kappa shape index (κ1) is 12.4. The Labute approximate surface area is 80.0 Å². The normalized spacial score (nSPS) is 15.1. The predicted molar refractivity (Wildman–Crippen MR) is 52.6 cm³/mol. The van der Waals surface area contributed by atoms with E-state index in [4.69, 9.17) is 4.74 Å². The van der Waals surface area contributed by atoms with Crippen molar-refractivity contribution in [3.63, 3.8) is 0 Å². The summed E-state index contributed by atoms with van der Waals surface area (Å²) in [5, 5.41) is 5.71. The second kappa shape index (κ2) is 6.86. The second-order valence-corrected chi connectivity index (χ2v) is 3.06. The van der Waals surface area contributed by atoms with Crippen molar-refractivity contribution in [3.05, 3.63) is 0 Å². The molecule has 2 N–H and O–H groups in total. The standard InChI is InChI=1S/C9H20N2O2/c1-5-13-6-7(2)11-8(3)9(12)10-4/h7-8,11H,5-6H2,1-4H3,(H,10,12)/t7?,8-/m1/s1. The van der Waals surface area contributed by atoms with Gasteiger partial charge in [-0.15, -0.1) is 0 Å². The maximum absolute atomic E-state index is 11.1. The quantitative estimate of drug-likeness (QED) is 0.623. The van der Waals surface area contributed by atoms with E-state index in [2.05, 4.69) is 10.6 Å². The molecule has 0 bridgehead atoms. The van der Waals surface area contributed by atoms with Crippen LogP contribution in [0, 0.1) is 0 Å². The first-order valence-corrected chi connectivity index (χ1v) is 4.67. The van der Waals surface area contributed by atoms with Crippen molar-refractivity contribution in [1.29, 1.82) is 0 Å². The molecule has 0 aliphatic carbocycles. The van der Waals surface area contributed by atoms with Crippen LogP contribution in [-0.4, -0.2) is 38.3 Å². The molecule has 2 atom stereocenters. The average molecular weight is 188 g/mol. The molecule has 0 fully saturated rings. The lowest BCUT2D eigenvalue weighted by atomic mass is 10.2. The van der Waals surface area contributed by atoms with Gasteiger partial charge in [0, 0.05) is 19.7 Å². The highest BCUT2D eigenvalue weighted by Crippen LogP contribution is 1.89. The van der Waals surface area contributed by atoms with E-state index in [1.54, 1.807) is 7.05 Å². The lowest BCUT2D eigenvalue weighted by Gasteiger charge is -2.18. The van der Waals surface area contributed by atoms with Crippen molar-refractivity contribution in [3.8, 4) is 0 Å². The fourth-order valence-electron chi connectivity index (χ4n) is 1.06. The van der Waals surface area contributed by atoms with Gasteiger partial charge in [0.2, 0.25) is 5.91 Å². The molecule has 0 aromatic rings. The van der Waals surface area contributed by atoms with Crippen LogP contribution in [0.3, 0.4) is 0 Å². The molecular weight excluding hydrogens is 168 g/mol. The van der Waals surface area contributed by atoms with Gasteiger partial charge in [-0.1, -0.05) is 0 Å². The lowest BCUT2D eigenvalue weighted by Crippen LogP contribution is -2.46. The molecule has 13 heavy (non-hydrogen) atoms. The molecule has 0 aromatic heterocycles. The Morgan fingerprint density at radius 2 is 2.08 bits per heavy atom. The second-order valence-electron chi connectivity index (χ2n) is 3.06. The number of hydrogen-bond acceptors (Lipinski definition) is 3. The topological polar surface area (TPSA) is 50.4 Å². The Hall–Kier alpha value is -0.610. The van der Waals surface area contributed by atoms with Crippen LogP contribution in [0.4, 0.5) is 0 Å². The fourth-order valence-corrected chi connectivity index (χ4v) is 1.06. The van der Waals surface area contributed by atoms with E-state index in [1.807, 2.05) is 20.8 Å². The van der Waals surface area contributed by atoms with Gasteiger partial charge < -0.3 is 15.4 Å². The van der Waals surface area contributed by atoms with Crippen molar-refractivity contribution in [2.75, 3.05) is 20.3 Å². The van der Waals surface area contributed by atoms with Crippen molar-refractivity contribution in [1.82, 2.24) is 10.6 Å². The molecule has 0 heterocycles. The number of carbonyl (C=O) groups is 1. The van der Waals surface area contributed by atoms with Crippen LogP contribution in [0.5, 0.6) is 0 Å². The molecule has 0 rings (SSSR count). The molecule has 1 unspecified atom stereocenters. The number of hydrogen-bond donors (Lipinski definition) is 2. The molecule has 1 amide bonds. The average Bonchev–Trinajstić information content (AvgIpc) is 2.13. The lowest BCUT2D eigenvalue weighted by molar-refractivity contribution is -0.122. The molecule has 0 saturated heterocycles. The first-order chi connectivity index (χ1) is 6.11. The van der Waals surface area contributed by atoms with Crippen molar-refractivity contribution >= 4 is 5.91 Å². The van der Waals surface area contributed by atoms with Gasteiger partial charge in [-0.3, -0.25) is 4.79 Å². The van der Waals surface area contributed by atoms with Crippen LogP contribution in [0.15, 0.2) is 0 Å². The number of rotatable bonds is 6. The predicted octanol–water partition coefficient (Wildman–Crippen LogP) is 0.136. The maximum Gasteiger partial charge on any atom is 0.236 e. The third kappa shape index (κ3) is 5.60. The zero-order valence-corrected chi connectivity index (χ0v) is 8.89. The molecule has 4 nitrogen and oxygen atoms in total. The van der Waals surface area contributed by atoms with Crippen LogP contribution < -0.4 is 10.6 Å². The summed E-state index contributed by atoms with van der Waals surface area (Å²) in [5.74, 6) is 0.00310. The minimum atomic E-state index is -0.166. The SMILES string of the molecule is CCOCC(C)N[C@H](C)C(=O)NC. The van der Waals surface area contributed by atoms with Gasteiger partial charge in [0.1, 0.15) is 0 Å². The smallest absolute Gasteiger partial charge is 0.236 e. The Morgan fingerprint density at radius 1 is 1.46 bits per heavy atom. The minimum absolute atomic E-state index is 0.00310. The summed E-state index contributed by atoms with van der Waals surface area (Å²) in [7, 11) is 1.63. The van der Waals surface area contributed by atoms with E-state index < -0.39 is 0 Å². The number of amides is 1. The van der Waals surface area contributed by atoms with Gasteiger partial charge in [-0.2, -0.15) is 0 Å². The highest BCUT2D eigenvalue weighted by Gasteiger charge is 2.12. The van der Waals surface area contributed by atoms with Gasteiger partial charge in [0.15, 0.2) is 0 Å². The summed E-state index contributed by atoms with van der Waals surface area (Å²) in [6.45, 7) is 7.13. The Balaban J connectivity index is 3.64. The highest BCUT2D eigenvalue weighted by atomic mass is 16.5. The van der Waals surface area contributed by atoms with E-state index in [9.17, 15) is 4.79 Å². The van der Waals surface area contributed by atoms with Crippen molar-refractivity contribution in [2.24, 2.45) is 0 Å². The molecule has 0 aliphatic rings. The first-order valence-electron chi connectivity index (χ1n) is 4.67. The maximum atomic E-state index is 11.1. The number of likely N-dealkylation sites (N-methyl/N-ethyl adjacent to an activating group) is 1. The summed E-state index contributed by atoms with van der Waals surface area (Å²) >= 11 is 0. The summed E-state index contributed by atoms with van der Waals surface area (Å²) in [6, 6.07) is 0.0349. The zero-order valence-electron chi connectivity index (χ0n) is 8.89. The van der Waals surface area contributed by atoms with E-state index >= 15 is 0 Å². The largest absolute Gasteiger partial charge is 0.380 e. The summed E-state index contributed by atoms with van der Waals surface area (Å²) < 4.78 is 5.22. The van der Waals surface area contributed by atoms with E-state index in [0.29, 0.717) is 13.2 Å². The van der Waals surface area contributed by atoms with Gasteiger partial charge in [0.05, 0.1) is 12.6 Å². The molecule has 78 valence electrons. The minimum Gasteiger partial charge on any atom is -0.380 e. The number of nitrogens with one attached hydrogen (secondary N) is 2. The third-order valence-corrected chi connectivity index (χ3v) is 1.75. The van der Waals surface area contributed by atoms with Crippen LogP contribution in [0.2, 0.25) is 0 Å². The monoisotopic (exact) mass is 188 g/mol. The van der Waals surface area contributed by atoms with Crippen molar-refractivity contribution < 1.29 is 9.53 Å². The molecule has 0 aliphatic heterocycles. The Morgan fingerprint density at radius 3 is 2.54 bits per heavy atom. The molecule has 0 saturated carbocycles. The van der Waals surface area contributed by atoms with Gasteiger partial charge >= 0.3 is 0 Å².